The van der Waals surface area contributed by atoms with Crippen LogP contribution in [0.1, 0.15) is 32.3 Å². The van der Waals surface area contributed by atoms with E-state index in [1.54, 1.807) is 0 Å². The summed E-state index contributed by atoms with van der Waals surface area (Å²) < 4.78 is 1.98. The lowest BCUT2D eigenvalue weighted by Gasteiger charge is -2.02. The lowest BCUT2D eigenvalue weighted by Crippen LogP contribution is -2.02. The molecular formula is C10H19N3. The standard InChI is InChI=1S/C10H19N3/c1-5-9-12-8(6-7(2)3)10(11)13(9)4/h7H,5-6,11H2,1-4H3. The number of hydrogen-bond acceptors (Lipinski definition) is 2. The van der Waals surface area contributed by atoms with E-state index in [4.69, 9.17) is 5.73 Å². The van der Waals surface area contributed by atoms with Crippen LogP contribution in [-0.2, 0) is 19.9 Å². The number of hydrogen-bond donors (Lipinski definition) is 1. The number of aryl methyl sites for hydroxylation is 1. The molecule has 0 saturated carbocycles. The highest BCUT2D eigenvalue weighted by atomic mass is 15.1. The molecule has 0 unspecified atom stereocenters. The van der Waals surface area contributed by atoms with Crippen LogP contribution in [0.15, 0.2) is 0 Å². The molecule has 1 aromatic heterocycles. The first-order valence-electron chi connectivity index (χ1n) is 4.86. The van der Waals surface area contributed by atoms with E-state index in [2.05, 4.69) is 25.8 Å². The molecule has 3 nitrogen and oxygen atoms in total. The maximum Gasteiger partial charge on any atom is 0.126 e. The predicted octanol–water partition coefficient (Wildman–Crippen LogP) is 1.76. The van der Waals surface area contributed by atoms with Crippen LogP contribution in [0, 0.1) is 5.92 Å². The zero-order valence-electron chi connectivity index (χ0n) is 8.96. The Kier molecular flexibility index (Phi) is 2.96. The van der Waals surface area contributed by atoms with Crippen molar-refractivity contribution in [2.45, 2.75) is 33.6 Å². The maximum atomic E-state index is 5.93. The van der Waals surface area contributed by atoms with Crippen molar-refractivity contribution in [1.82, 2.24) is 9.55 Å². The average Bonchev–Trinajstić information content (AvgIpc) is 2.32. The summed E-state index contributed by atoms with van der Waals surface area (Å²) in [6.45, 7) is 6.46. The minimum absolute atomic E-state index is 0.613. The van der Waals surface area contributed by atoms with E-state index in [0.717, 1.165) is 30.2 Å². The van der Waals surface area contributed by atoms with E-state index in [0.29, 0.717) is 5.92 Å². The molecule has 0 fully saturated rings. The second kappa shape index (κ2) is 3.81. The Bertz CT molecular complexity index is 287. The fourth-order valence-electron chi connectivity index (χ4n) is 1.47. The number of imidazole rings is 1. The van der Waals surface area contributed by atoms with Crippen LogP contribution in [0.4, 0.5) is 5.82 Å². The Balaban J connectivity index is 2.95. The minimum atomic E-state index is 0.613. The molecule has 1 rings (SSSR count). The van der Waals surface area contributed by atoms with Crippen molar-refractivity contribution >= 4 is 5.82 Å². The van der Waals surface area contributed by atoms with Crippen molar-refractivity contribution < 1.29 is 0 Å². The van der Waals surface area contributed by atoms with Gasteiger partial charge < -0.3 is 10.3 Å². The van der Waals surface area contributed by atoms with Gasteiger partial charge >= 0.3 is 0 Å². The fourth-order valence-corrected chi connectivity index (χ4v) is 1.47. The van der Waals surface area contributed by atoms with E-state index in [1.807, 2.05) is 11.6 Å². The van der Waals surface area contributed by atoms with Crippen LogP contribution in [-0.4, -0.2) is 9.55 Å². The number of nitrogens with zero attached hydrogens (tertiary/aromatic N) is 2. The average molecular weight is 181 g/mol. The van der Waals surface area contributed by atoms with Crippen molar-refractivity contribution in [3.05, 3.63) is 11.5 Å². The maximum absolute atomic E-state index is 5.93. The van der Waals surface area contributed by atoms with Crippen molar-refractivity contribution in [2.24, 2.45) is 13.0 Å². The Morgan fingerprint density at radius 2 is 2.08 bits per heavy atom. The first kappa shape index (κ1) is 10.1. The summed E-state index contributed by atoms with van der Waals surface area (Å²) in [5.74, 6) is 2.51. The summed E-state index contributed by atoms with van der Waals surface area (Å²) in [6.07, 6.45) is 1.92. The zero-order valence-corrected chi connectivity index (χ0v) is 8.96. The molecule has 0 aliphatic heterocycles. The summed E-state index contributed by atoms with van der Waals surface area (Å²) in [6, 6.07) is 0. The van der Waals surface area contributed by atoms with Crippen LogP contribution in [0.3, 0.4) is 0 Å². The summed E-state index contributed by atoms with van der Waals surface area (Å²) in [5, 5.41) is 0. The topological polar surface area (TPSA) is 43.8 Å². The van der Waals surface area contributed by atoms with Crippen molar-refractivity contribution in [1.29, 1.82) is 0 Å². The summed E-state index contributed by atoms with van der Waals surface area (Å²) >= 11 is 0. The molecule has 74 valence electrons. The Morgan fingerprint density at radius 1 is 1.46 bits per heavy atom. The van der Waals surface area contributed by atoms with E-state index < -0.39 is 0 Å². The van der Waals surface area contributed by atoms with Crippen LogP contribution >= 0.6 is 0 Å². The molecule has 0 radical (unpaired) electrons. The van der Waals surface area contributed by atoms with E-state index in [9.17, 15) is 0 Å². The molecule has 0 aliphatic carbocycles. The van der Waals surface area contributed by atoms with Crippen molar-refractivity contribution in [2.75, 3.05) is 5.73 Å². The molecule has 13 heavy (non-hydrogen) atoms. The first-order valence-corrected chi connectivity index (χ1v) is 4.86. The second-order valence-electron chi connectivity index (χ2n) is 3.87. The van der Waals surface area contributed by atoms with Gasteiger partial charge in [-0.25, -0.2) is 4.98 Å². The molecule has 2 N–H and O–H groups in total. The number of aromatic nitrogens is 2. The van der Waals surface area contributed by atoms with E-state index in [-0.39, 0.29) is 0 Å². The first-order chi connectivity index (χ1) is 6.06. The SMILES string of the molecule is CCc1nc(CC(C)C)c(N)n1C. The van der Waals surface area contributed by atoms with Gasteiger partial charge in [0, 0.05) is 13.5 Å². The molecule has 0 bridgehead atoms. The van der Waals surface area contributed by atoms with Gasteiger partial charge in [-0.15, -0.1) is 0 Å². The highest BCUT2D eigenvalue weighted by Gasteiger charge is 2.11. The molecule has 0 amide bonds. The van der Waals surface area contributed by atoms with Crippen LogP contribution < -0.4 is 5.73 Å². The molecule has 0 saturated heterocycles. The number of rotatable bonds is 3. The van der Waals surface area contributed by atoms with E-state index >= 15 is 0 Å². The highest BCUT2D eigenvalue weighted by Crippen LogP contribution is 2.16. The third-order valence-corrected chi connectivity index (χ3v) is 2.23. The summed E-state index contributed by atoms with van der Waals surface area (Å²) in [7, 11) is 1.98. The molecule has 0 aromatic carbocycles. The summed E-state index contributed by atoms with van der Waals surface area (Å²) in [5.41, 5.74) is 6.98. The van der Waals surface area contributed by atoms with Gasteiger partial charge in [-0.05, 0) is 12.3 Å². The molecule has 1 aromatic rings. The van der Waals surface area contributed by atoms with Crippen LogP contribution in [0.5, 0.6) is 0 Å². The third kappa shape index (κ3) is 2.02. The van der Waals surface area contributed by atoms with Gasteiger partial charge in [-0.3, -0.25) is 0 Å². The molecule has 0 spiro atoms. The van der Waals surface area contributed by atoms with Gasteiger partial charge in [0.25, 0.3) is 0 Å². The smallest absolute Gasteiger partial charge is 0.126 e. The molecule has 0 aliphatic rings. The molecular weight excluding hydrogens is 162 g/mol. The number of anilines is 1. The Hall–Kier alpha value is -0.990. The highest BCUT2D eigenvalue weighted by molar-refractivity contribution is 5.38. The largest absolute Gasteiger partial charge is 0.384 e. The van der Waals surface area contributed by atoms with Crippen molar-refractivity contribution in [3.63, 3.8) is 0 Å². The monoisotopic (exact) mass is 181 g/mol. The third-order valence-electron chi connectivity index (χ3n) is 2.23. The molecule has 3 heteroatoms. The predicted molar refractivity (Wildman–Crippen MR) is 55.5 cm³/mol. The second-order valence-corrected chi connectivity index (χ2v) is 3.87. The zero-order chi connectivity index (χ0) is 10.0. The normalized spacial score (nSPS) is 11.2. The van der Waals surface area contributed by atoms with Crippen LogP contribution in [0.25, 0.3) is 0 Å². The van der Waals surface area contributed by atoms with Gasteiger partial charge in [-0.1, -0.05) is 20.8 Å². The molecule has 1 heterocycles. The summed E-state index contributed by atoms with van der Waals surface area (Å²) in [4.78, 5) is 4.51. The lowest BCUT2D eigenvalue weighted by molar-refractivity contribution is 0.637. The number of nitrogen functional groups attached to an aromatic ring is 1. The van der Waals surface area contributed by atoms with Gasteiger partial charge in [0.05, 0.1) is 5.69 Å². The van der Waals surface area contributed by atoms with Gasteiger partial charge in [0.1, 0.15) is 11.6 Å². The van der Waals surface area contributed by atoms with Gasteiger partial charge in [-0.2, -0.15) is 0 Å². The van der Waals surface area contributed by atoms with Gasteiger partial charge in [0.15, 0.2) is 0 Å². The Morgan fingerprint density at radius 3 is 2.46 bits per heavy atom. The Labute approximate surface area is 80.0 Å². The lowest BCUT2D eigenvalue weighted by atomic mass is 10.1. The quantitative estimate of drug-likeness (QED) is 0.772. The molecule has 0 atom stereocenters. The fraction of sp³-hybridized carbons (Fsp3) is 0.700. The van der Waals surface area contributed by atoms with E-state index in [1.165, 1.54) is 0 Å². The van der Waals surface area contributed by atoms with Gasteiger partial charge in [0.2, 0.25) is 0 Å². The minimum Gasteiger partial charge on any atom is -0.384 e. The van der Waals surface area contributed by atoms with Crippen LogP contribution in [0.2, 0.25) is 0 Å². The van der Waals surface area contributed by atoms with Crippen molar-refractivity contribution in [3.8, 4) is 0 Å². The number of nitrogens with two attached hydrogens (primary N) is 1.